The summed E-state index contributed by atoms with van der Waals surface area (Å²) in [5.41, 5.74) is 2.39. The SMILES string of the molecule is COc1ccccc1CCC[C@H](N1NC(=O)CC1(C)C)C(F)(F)F. The van der Waals surface area contributed by atoms with Gasteiger partial charge in [-0.25, -0.2) is 5.01 Å². The van der Waals surface area contributed by atoms with Crippen LogP contribution < -0.4 is 10.2 Å². The number of alkyl halides is 3. The lowest BCUT2D eigenvalue weighted by atomic mass is 9.97. The predicted octanol–water partition coefficient (Wildman–Crippen LogP) is 3.46. The first-order valence-corrected chi connectivity index (χ1v) is 7.92. The number of halogens is 3. The second-order valence-electron chi connectivity index (χ2n) is 6.66. The van der Waals surface area contributed by atoms with Crippen LogP contribution in [0, 0.1) is 0 Å². The molecule has 134 valence electrons. The van der Waals surface area contributed by atoms with Crippen LogP contribution in [0.5, 0.6) is 5.75 Å². The smallest absolute Gasteiger partial charge is 0.405 e. The summed E-state index contributed by atoms with van der Waals surface area (Å²) in [7, 11) is 1.54. The molecule has 1 aromatic rings. The fourth-order valence-electron chi connectivity index (χ4n) is 3.14. The number of carbonyl (C=O) groups excluding carboxylic acids is 1. The van der Waals surface area contributed by atoms with Gasteiger partial charge in [-0.05, 0) is 44.7 Å². The highest BCUT2D eigenvalue weighted by atomic mass is 19.4. The third kappa shape index (κ3) is 4.20. The molecule has 1 saturated heterocycles. The topological polar surface area (TPSA) is 41.6 Å². The number of hydrogen-bond acceptors (Lipinski definition) is 3. The maximum atomic E-state index is 13.5. The van der Waals surface area contributed by atoms with Gasteiger partial charge in [0.15, 0.2) is 0 Å². The molecular weight excluding hydrogens is 321 g/mol. The van der Waals surface area contributed by atoms with Crippen molar-refractivity contribution in [2.75, 3.05) is 7.11 Å². The third-order valence-electron chi connectivity index (χ3n) is 4.30. The van der Waals surface area contributed by atoms with Crippen LogP contribution in [0.25, 0.3) is 0 Å². The molecule has 1 atom stereocenters. The summed E-state index contributed by atoms with van der Waals surface area (Å²) in [6, 6.07) is 5.60. The molecule has 1 aliphatic heterocycles. The van der Waals surface area contributed by atoms with Crippen molar-refractivity contribution in [3.05, 3.63) is 29.8 Å². The molecule has 0 aromatic heterocycles. The number of carbonyl (C=O) groups is 1. The standard InChI is InChI=1S/C17H23F3N2O2/c1-16(2)11-15(23)21-22(16)14(17(18,19)20)10-6-8-12-7-4-5-9-13(12)24-3/h4-5,7,9,14H,6,8,10-11H2,1-3H3,(H,21,23)/t14-/m0/s1. The minimum Gasteiger partial charge on any atom is -0.496 e. The van der Waals surface area contributed by atoms with Crippen LogP contribution in [0.1, 0.15) is 38.7 Å². The van der Waals surface area contributed by atoms with Crippen molar-refractivity contribution in [2.24, 2.45) is 0 Å². The van der Waals surface area contributed by atoms with E-state index in [0.29, 0.717) is 18.6 Å². The van der Waals surface area contributed by atoms with Gasteiger partial charge in [-0.3, -0.25) is 10.2 Å². The van der Waals surface area contributed by atoms with Crippen molar-refractivity contribution < 1.29 is 22.7 Å². The summed E-state index contributed by atoms with van der Waals surface area (Å²) < 4.78 is 45.7. The van der Waals surface area contributed by atoms with Crippen molar-refractivity contribution >= 4 is 5.91 Å². The van der Waals surface area contributed by atoms with E-state index >= 15 is 0 Å². The Hall–Kier alpha value is -1.76. The minimum absolute atomic E-state index is 0.0616. The van der Waals surface area contributed by atoms with Crippen LogP contribution in [-0.4, -0.2) is 35.8 Å². The Kier molecular flexibility index (Phi) is 5.42. The van der Waals surface area contributed by atoms with E-state index in [1.165, 1.54) is 0 Å². The van der Waals surface area contributed by atoms with Gasteiger partial charge in [0.1, 0.15) is 11.8 Å². The van der Waals surface area contributed by atoms with E-state index in [1.807, 2.05) is 18.2 Å². The van der Waals surface area contributed by atoms with Crippen LogP contribution in [0.3, 0.4) is 0 Å². The molecule has 0 bridgehead atoms. The number of benzene rings is 1. The molecule has 24 heavy (non-hydrogen) atoms. The highest BCUT2D eigenvalue weighted by Gasteiger charge is 2.51. The van der Waals surface area contributed by atoms with Gasteiger partial charge in [0, 0.05) is 12.0 Å². The lowest BCUT2D eigenvalue weighted by Gasteiger charge is -2.37. The van der Waals surface area contributed by atoms with E-state index in [9.17, 15) is 18.0 Å². The number of methoxy groups -OCH3 is 1. The number of hydrazine groups is 1. The van der Waals surface area contributed by atoms with E-state index in [-0.39, 0.29) is 18.7 Å². The van der Waals surface area contributed by atoms with Crippen LogP contribution >= 0.6 is 0 Å². The van der Waals surface area contributed by atoms with E-state index < -0.39 is 17.8 Å². The molecule has 1 aromatic carbocycles. The van der Waals surface area contributed by atoms with Crippen molar-refractivity contribution in [3.8, 4) is 5.75 Å². The molecule has 1 aliphatic rings. The van der Waals surface area contributed by atoms with Gasteiger partial charge in [-0.1, -0.05) is 18.2 Å². The van der Waals surface area contributed by atoms with Gasteiger partial charge in [-0.15, -0.1) is 0 Å². The summed E-state index contributed by atoms with van der Waals surface area (Å²) in [5.74, 6) is 0.301. The highest BCUT2D eigenvalue weighted by Crippen LogP contribution is 2.35. The maximum Gasteiger partial charge on any atom is 0.405 e. The number of aryl methyl sites for hydroxylation is 1. The molecule has 7 heteroatoms. The van der Waals surface area contributed by atoms with Crippen LogP contribution in [0.2, 0.25) is 0 Å². The quantitative estimate of drug-likeness (QED) is 0.859. The Morgan fingerprint density at radius 1 is 1.33 bits per heavy atom. The first kappa shape index (κ1) is 18.6. The molecule has 1 heterocycles. The molecule has 1 N–H and O–H groups in total. The summed E-state index contributed by atoms with van der Waals surface area (Å²) in [6.07, 6.45) is -3.61. The van der Waals surface area contributed by atoms with Crippen molar-refractivity contribution in [3.63, 3.8) is 0 Å². The fourth-order valence-corrected chi connectivity index (χ4v) is 3.14. The summed E-state index contributed by atoms with van der Waals surface area (Å²) >= 11 is 0. The molecule has 1 amide bonds. The monoisotopic (exact) mass is 344 g/mol. The lowest BCUT2D eigenvalue weighted by Crippen LogP contribution is -2.56. The number of para-hydroxylation sites is 1. The van der Waals surface area contributed by atoms with Gasteiger partial charge in [0.05, 0.1) is 7.11 Å². The van der Waals surface area contributed by atoms with Crippen LogP contribution in [-0.2, 0) is 11.2 Å². The predicted molar refractivity (Wildman–Crippen MR) is 84.5 cm³/mol. The minimum atomic E-state index is -4.41. The average Bonchev–Trinajstić information content (AvgIpc) is 2.75. The zero-order valence-electron chi connectivity index (χ0n) is 14.1. The first-order chi connectivity index (χ1) is 11.1. The summed E-state index contributed by atoms with van der Waals surface area (Å²) in [6.45, 7) is 3.29. The van der Waals surface area contributed by atoms with E-state index in [2.05, 4.69) is 5.43 Å². The molecule has 2 rings (SSSR count). The summed E-state index contributed by atoms with van der Waals surface area (Å²) in [5, 5.41) is 1.07. The van der Waals surface area contributed by atoms with Gasteiger partial charge in [0.2, 0.25) is 5.91 Å². The fraction of sp³-hybridized carbons (Fsp3) is 0.588. The normalized spacial score (nSPS) is 19.2. The number of nitrogens with one attached hydrogen (secondary N) is 1. The molecule has 1 fully saturated rings. The second kappa shape index (κ2) is 7.01. The Morgan fingerprint density at radius 2 is 2.00 bits per heavy atom. The van der Waals surface area contributed by atoms with Crippen molar-refractivity contribution in [2.45, 2.75) is 57.3 Å². The molecule has 4 nitrogen and oxygen atoms in total. The van der Waals surface area contributed by atoms with Gasteiger partial charge < -0.3 is 4.74 Å². The average molecular weight is 344 g/mol. The zero-order chi connectivity index (χ0) is 18.0. The second-order valence-corrected chi connectivity index (χ2v) is 6.66. The Morgan fingerprint density at radius 3 is 2.54 bits per heavy atom. The Balaban J connectivity index is 2.07. The molecule has 0 unspecified atom stereocenters. The number of amides is 1. The Labute approximate surface area is 139 Å². The number of nitrogens with zero attached hydrogens (tertiary/aromatic N) is 1. The largest absolute Gasteiger partial charge is 0.496 e. The molecule has 0 aliphatic carbocycles. The highest BCUT2D eigenvalue weighted by molar-refractivity contribution is 5.78. The lowest BCUT2D eigenvalue weighted by molar-refractivity contribution is -0.202. The number of ether oxygens (including phenoxy) is 1. The van der Waals surface area contributed by atoms with Crippen LogP contribution in [0.15, 0.2) is 24.3 Å². The summed E-state index contributed by atoms with van der Waals surface area (Å²) in [4.78, 5) is 11.5. The Bertz CT molecular complexity index is 587. The molecule has 0 radical (unpaired) electrons. The first-order valence-electron chi connectivity index (χ1n) is 7.92. The number of hydrogen-bond donors (Lipinski definition) is 1. The molecular formula is C17H23F3N2O2. The van der Waals surface area contributed by atoms with Gasteiger partial charge in [-0.2, -0.15) is 13.2 Å². The third-order valence-corrected chi connectivity index (χ3v) is 4.30. The van der Waals surface area contributed by atoms with E-state index in [1.54, 1.807) is 27.0 Å². The van der Waals surface area contributed by atoms with Crippen molar-refractivity contribution in [1.82, 2.24) is 10.4 Å². The molecule has 0 spiro atoms. The van der Waals surface area contributed by atoms with Crippen molar-refractivity contribution in [1.29, 1.82) is 0 Å². The van der Waals surface area contributed by atoms with Gasteiger partial charge in [0.25, 0.3) is 0 Å². The number of rotatable bonds is 6. The van der Waals surface area contributed by atoms with E-state index in [4.69, 9.17) is 4.74 Å². The maximum absolute atomic E-state index is 13.5. The van der Waals surface area contributed by atoms with Gasteiger partial charge >= 0.3 is 6.18 Å². The van der Waals surface area contributed by atoms with E-state index in [0.717, 1.165) is 10.6 Å². The molecule has 0 saturated carbocycles. The van der Waals surface area contributed by atoms with Crippen LogP contribution in [0.4, 0.5) is 13.2 Å². The zero-order valence-corrected chi connectivity index (χ0v) is 14.1.